The molecule has 1 aliphatic rings. The number of pyridine rings is 1. The molecule has 2 heterocycles. The van der Waals surface area contributed by atoms with E-state index < -0.39 is 0 Å². The Morgan fingerprint density at radius 2 is 2.08 bits per heavy atom. The number of carbonyl (C=O) groups is 1. The minimum Gasteiger partial charge on any atom is -0.493 e. The molecule has 1 aromatic carbocycles. The summed E-state index contributed by atoms with van der Waals surface area (Å²) in [5, 5.41) is 11.7. The van der Waals surface area contributed by atoms with E-state index in [1.165, 1.54) is 20.0 Å². The number of ether oxygens (including phenoxy) is 2. The Balaban J connectivity index is 1.55. The van der Waals surface area contributed by atoms with Gasteiger partial charge in [0.1, 0.15) is 5.82 Å². The second-order valence-electron chi connectivity index (χ2n) is 5.91. The lowest BCUT2D eigenvalue weighted by molar-refractivity contribution is -0.118. The third-order valence-electron chi connectivity index (χ3n) is 4.11. The van der Waals surface area contributed by atoms with Crippen LogP contribution in [0.25, 0.3) is 0 Å². The van der Waals surface area contributed by atoms with E-state index in [4.69, 9.17) is 14.7 Å². The molecule has 0 bridgehead atoms. The van der Waals surface area contributed by atoms with Crippen LogP contribution in [-0.2, 0) is 4.79 Å². The van der Waals surface area contributed by atoms with E-state index in [0.29, 0.717) is 22.7 Å². The Hall–Kier alpha value is -3.27. The van der Waals surface area contributed by atoms with Crippen LogP contribution < -0.4 is 19.7 Å². The summed E-state index contributed by atoms with van der Waals surface area (Å²) in [6, 6.07) is 10.5. The van der Waals surface area contributed by atoms with Crippen molar-refractivity contribution in [3.63, 3.8) is 0 Å². The van der Waals surface area contributed by atoms with Gasteiger partial charge in [-0.2, -0.15) is 5.26 Å². The van der Waals surface area contributed by atoms with Crippen LogP contribution in [-0.4, -0.2) is 37.7 Å². The molecule has 2 aromatic rings. The monoisotopic (exact) mass is 352 g/mol. The van der Waals surface area contributed by atoms with E-state index in [2.05, 4.69) is 15.2 Å². The van der Waals surface area contributed by atoms with Gasteiger partial charge in [-0.05, 0) is 37.1 Å². The Labute approximate surface area is 152 Å². The highest BCUT2D eigenvalue weighted by Gasteiger charge is 2.13. The smallest absolute Gasteiger partial charge is 0.262 e. The van der Waals surface area contributed by atoms with E-state index in [-0.39, 0.29) is 12.5 Å². The number of aromatic nitrogens is 1. The van der Waals surface area contributed by atoms with Gasteiger partial charge in [0, 0.05) is 19.2 Å². The van der Waals surface area contributed by atoms with E-state index in [1.54, 1.807) is 24.4 Å². The van der Waals surface area contributed by atoms with Crippen molar-refractivity contribution in [2.24, 2.45) is 0 Å². The normalized spacial score (nSPS) is 13.2. The molecule has 0 unspecified atom stereocenters. The predicted molar refractivity (Wildman–Crippen MR) is 97.5 cm³/mol. The average molecular weight is 352 g/mol. The Morgan fingerprint density at radius 1 is 1.27 bits per heavy atom. The van der Waals surface area contributed by atoms with Gasteiger partial charge in [0.25, 0.3) is 5.91 Å². The van der Waals surface area contributed by atoms with Crippen LogP contribution in [0.3, 0.4) is 0 Å². The molecule has 3 rings (SSSR count). The van der Waals surface area contributed by atoms with Crippen LogP contribution in [0.1, 0.15) is 18.4 Å². The topological polar surface area (TPSA) is 87.5 Å². The highest BCUT2D eigenvalue weighted by Crippen LogP contribution is 2.27. The maximum Gasteiger partial charge on any atom is 0.262 e. The molecule has 7 nitrogen and oxygen atoms in total. The third-order valence-corrected chi connectivity index (χ3v) is 4.11. The van der Waals surface area contributed by atoms with Crippen molar-refractivity contribution in [3.8, 4) is 17.6 Å². The fourth-order valence-electron chi connectivity index (χ4n) is 2.79. The lowest BCUT2D eigenvalue weighted by atomic mass is 10.2. The fourth-order valence-corrected chi connectivity index (χ4v) is 2.79. The first-order chi connectivity index (χ1) is 12.7. The molecule has 7 heteroatoms. The second-order valence-corrected chi connectivity index (χ2v) is 5.91. The third kappa shape index (κ3) is 4.22. The molecule has 0 aliphatic carbocycles. The van der Waals surface area contributed by atoms with Crippen molar-refractivity contribution in [1.29, 1.82) is 5.26 Å². The number of methoxy groups -OCH3 is 1. The summed E-state index contributed by atoms with van der Waals surface area (Å²) in [6.07, 6.45) is 4.03. The molecule has 1 amide bonds. The minimum atomic E-state index is -0.299. The number of nitriles is 1. The molecule has 1 aromatic heterocycles. The van der Waals surface area contributed by atoms with Gasteiger partial charge >= 0.3 is 0 Å². The number of carbonyl (C=O) groups excluding carboxylic acids is 1. The van der Waals surface area contributed by atoms with Gasteiger partial charge in [0.05, 0.1) is 30.6 Å². The molecule has 1 saturated heterocycles. The van der Waals surface area contributed by atoms with E-state index in [9.17, 15) is 4.79 Å². The second kappa shape index (κ2) is 8.21. The summed E-state index contributed by atoms with van der Waals surface area (Å²) in [6.45, 7) is 1.88. The van der Waals surface area contributed by atoms with Gasteiger partial charge in [-0.3, -0.25) is 4.79 Å². The van der Waals surface area contributed by atoms with Gasteiger partial charge in [0.15, 0.2) is 18.1 Å². The maximum absolute atomic E-state index is 12.1. The van der Waals surface area contributed by atoms with Crippen molar-refractivity contribution in [2.75, 3.05) is 37.0 Å². The molecular formula is C19H20N4O3. The summed E-state index contributed by atoms with van der Waals surface area (Å²) in [7, 11) is 1.48. The molecule has 0 spiro atoms. The fraction of sp³-hybridized carbons (Fsp3) is 0.316. The van der Waals surface area contributed by atoms with Gasteiger partial charge < -0.3 is 19.7 Å². The van der Waals surface area contributed by atoms with Crippen molar-refractivity contribution in [3.05, 3.63) is 42.1 Å². The quantitative estimate of drug-likeness (QED) is 0.860. The Bertz CT molecular complexity index is 809. The van der Waals surface area contributed by atoms with Crippen molar-refractivity contribution in [2.45, 2.75) is 12.8 Å². The first-order valence-electron chi connectivity index (χ1n) is 8.41. The average Bonchev–Trinajstić information content (AvgIpc) is 3.21. The zero-order valence-electron chi connectivity index (χ0n) is 14.6. The van der Waals surface area contributed by atoms with Crippen LogP contribution in [0.5, 0.6) is 11.5 Å². The van der Waals surface area contributed by atoms with Gasteiger partial charge in [-0.15, -0.1) is 0 Å². The Kier molecular flexibility index (Phi) is 5.54. The highest BCUT2D eigenvalue weighted by atomic mass is 16.5. The number of hydrogen-bond acceptors (Lipinski definition) is 6. The number of amides is 1. The van der Waals surface area contributed by atoms with Crippen LogP contribution in [0, 0.1) is 11.3 Å². The molecule has 26 heavy (non-hydrogen) atoms. The maximum atomic E-state index is 12.1. The van der Waals surface area contributed by atoms with Crippen molar-refractivity contribution in [1.82, 2.24) is 4.98 Å². The molecular weight excluding hydrogens is 332 g/mol. The lowest BCUT2D eigenvalue weighted by Crippen LogP contribution is -2.21. The number of nitrogens with one attached hydrogen (secondary N) is 1. The van der Waals surface area contributed by atoms with Gasteiger partial charge in [-0.25, -0.2) is 4.98 Å². The molecule has 1 aliphatic heterocycles. The predicted octanol–water partition coefficient (Wildman–Crippen LogP) is 2.58. The zero-order valence-corrected chi connectivity index (χ0v) is 14.6. The van der Waals surface area contributed by atoms with Crippen LogP contribution >= 0.6 is 0 Å². The zero-order chi connectivity index (χ0) is 18.4. The summed E-state index contributed by atoms with van der Waals surface area (Å²) < 4.78 is 10.7. The number of hydrogen-bond donors (Lipinski definition) is 1. The summed E-state index contributed by atoms with van der Waals surface area (Å²) >= 11 is 0. The SMILES string of the molecule is COc1cc(C#N)ccc1OCC(=O)Nc1ccc(N2CCCC2)nc1. The lowest BCUT2D eigenvalue weighted by Gasteiger charge is -2.16. The van der Waals surface area contributed by atoms with Crippen molar-refractivity contribution >= 4 is 17.4 Å². The Morgan fingerprint density at radius 3 is 2.73 bits per heavy atom. The number of nitrogens with zero attached hydrogens (tertiary/aromatic N) is 3. The molecule has 0 radical (unpaired) electrons. The largest absolute Gasteiger partial charge is 0.493 e. The molecule has 134 valence electrons. The number of rotatable bonds is 6. The number of anilines is 2. The summed E-state index contributed by atoms with van der Waals surface area (Å²) in [4.78, 5) is 18.7. The molecule has 1 N–H and O–H groups in total. The van der Waals surface area contributed by atoms with E-state index >= 15 is 0 Å². The van der Waals surface area contributed by atoms with Gasteiger partial charge in [-0.1, -0.05) is 0 Å². The van der Waals surface area contributed by atoms with E-state index in [1.807, 2.05) is 18.2 Å². The molecule has 0 atom stereocenters. The summed E-state index contributed by atoms with van der Waals surface area (Å²) in [5.41, 5.74) is 1.08. The van der Waals surface area contributed by atoms with Crippen LogP contribution in [0.4, 0.5) is 11.5 Å². The standard InChI is InChI=1S/C19H20N4O3/c1-25-17-10-14(11-20)4-6-16(17)26-13-19(24)22-15-5-7-18(21-12-15)23-8-2-3-9-23/h4-7,10,12H,2-3,8-9,13H2,1H3,(H,22,24). The number of benzene rings is 1. The first-order valence-corrected chi connectivity index (χ1v) is 8.41. The van der Waals surface area contributed by atoms with E-state index in [0.717, 1.165) is 18.9 Å². The van der Waals surface area contributed by atoms with Crippen molar-refractivity contribution < 1.29 is 14.3 Å². The first kappa shape index (κ1) is 17.5. The summed E-state index contributed by atoms with van der Waals surface area (Å²) in [5.74, 6) is 1.45. The highest BCUT2D eigenvalue weighted by molar-refractivity contribution is 5.91. The molecule has 1 fully saturated rings. The van der Waals surface area contributed by atoms with Gasteiger partial charge in [0.2, 0.25) is 0 Å². The van der Waals surface area contributed by atoms with Crippen LogP contribution in [0.2, 0.25) is 0 Å². The van der Waals surface area contributed by atoms with Crippen LogP contribution in [0.15, 0.2) is 36.5 Å². The minimum absolute atomic E-state index is 0.170. The molecule has 0 saturated carbocycles.